The number of rotatable bonds is 3. The van der Waals surface area contributed by atoms with Crippen LogP contribution in [0.15, 0.2) is 48.5 Å². The van der Waals surface area contributed by atoms with Gasteiger partial charge in [-0.25, -0.2) is 5.43 Å². The van der Waals surface area contributed by atoms with Gasteiger partial charge >= 0.3 is 0 Å². The van der Waals surface area contributed by atoms with Crippen LogP contribution in [0.1, 0.15) is 28.3 Å². The van der Waals surface area contributed by atoms with Gasteiger partial charge in [0.05, 0.1) is 6.04 Å². The lowest BCUT2D eigenvalue weighted by molar-refractivity contribution is 0.633. The first kappa shape index (κ1) is 11.8. The number of benzene rings is 2. The number of nitrogens with one attached hydrogen (secondary N) is 1. The fraction of sp³-hybridized carbons (Fsp3) is 0.200. The maximum atomic E-state index is 5.69. The van der Waals surface area contributed by atoms with Crippen molar-refractivity contribution in [1.29, 1.82) is 0 Å². The number of hydrogen-bond donors (Lipinski definition) is 2. The minimum absolute atomic E-state index is 0.0526. The van der Waals surface area contributed by atoms with Crippen molar-refractivity contribution in [3.8, 4) is 0 Å². The highest BCUT2D eigenvalue weighted by Gasteiger charge is 2.13. The van der Waals surface area contributed by atoms with Gasteiger partial charge in [0.25, 0.3) is 0 Å². The third kappa shape index (κ3) is 2.54. The van der Waals surface area contributed by atoms with Crippen LogP contribution < -0.4 is 11.3 Å². The standard InChI is InChI=1S/C15H18N2/c1-11-7-9-13(10-8-11)15(17-16)14-6-4-3-5-12(14)2/h3-10,15,17H,16H2,1-2H3. The summed E-state index contributed by atoms with van der Waals surface area (Å²) in [6, 6.07) is 16.8. The van der Waals surface area contributed by atoms with Gasteiger partial charge in [-0.15, -0.1) is 0 Å². The summed E-state index contributed by atoms with van der Waals surface area (Å²) < 4.78 is 0. The maximum absolute atomic E-state index is 5.69. The van der Waals surface area contributed by atoms with Gasteiger partial charge in [0.1, 0.15) is 0 Å². The van der Waals surface area contributed by atoms with Crippen LogP contribution in [-0.4, -0.2) is 0 Å². The fourth-order valence-corrected chi connectivity index (χ4v) is 2.04. The molecule has 2 rings (SSSR count). The van der Waals surface area contributed by atoms with Crippen molar-refractivity contribution >= 4 is 0 Å². The Morgan fingerprint density at radius 1 is 0.941 bits per heavy atom. The van der Waals surface area contributed by atoms with Crippen molar-refractivity contribution in [3.05, 3.63) is 70.8 Å². The van der Waals surface area contributed by atoms with Crippen molar-refractivity contribution in [1.82, 2.24) is 5.43 Å². The lowest BCUT2D eigenvalue weighted by Gasteiger charge is -2.19. The monoisotopic (exact) mass is 226 g/mol. The summed E-state index contributed by atoms with van der Waals surface area (Å²) in [7, 11) is 0. The molecular weight excluding hydrogens is 208 g/mol. The summed E-state index contributed by atoms with van der Waals surface area (Å²) >= 11 is 0. The second-order valence-corrected chi connectivity index (χ2v) is 4.37. The second-order valence-electron chi connectivity index (χ2n) is 4.37. The van der Waals surface area contributed by atoms with Crippen LogP contribution in [0.3, 0.4) is 0 Å². The fourth-order valence-electron chi connectivity index (χ4n) is 2.04. The molecule has 1 unspecified atom stereocenters. The summed E-state index contributed by atoms with van der Waals surface area (Å²) in [6.45, 7) is 4.19. The highest BCUT2D eigenvalue weighted by atomic mass is 15.2. The van der Waals surface area contributed by atoms with Gasteiger partial charge in [0, 0.05) is 0 Å². The molecule has 0 aliphatic carbocycles. The van der Waals surface area contributed by atoms with Crippen molar-refractivity contribution in [2.24, 2.45) is 5.84 Å². The molecule has 0 heterocycles. The molecule has 2 aromatic carbocycles. The molecule has 2 aromatic rings. The van der Waals surface area contributed by atoms with E-state index in [4.69, 9.17) is 5.84 Å². The van der Waals surface area contributed by atoms with E-state index in [0.717, 1.165) is 0 Å². The SMILES string of the molecule is Cc1ccc(C(NN)c2ccccc2C)cc1. The summed E-state index contributed by atoms with van der Waals surface area (Å²) in [5.74, 6) is 5.69. The number of hydrogen-bond acceptors (Lipinski definition) is 2. The average molecular weight is 226 g/mol. The topological polar surface area (TPSA) is 38.0 Å². The van der Waals surface area contributed by atoms with E-state index in [9.17, 15) is 0 Å². The molecule has 17 heavy (non-hydrogen) atoms. The maximum Gasteiger partial charge on any atom is 0.0712 e. The molecule has 0 fully saturated rings. The van der Waals surface area contributed by atoms with Crippen LogP contribution in [0.2, 0.25) is 0 Å². The van der Waals surface area contributed by atoms with Gasteiger partial charge in [0.15, 0.2) is 0 Å². The van der Waals surface area contributed by atoms with E-state index < -0.39 is 0 Å². The van der Waals surface area contributed by atoms with Crippen LogP contribution in [0, 0.1) is 13.8 Å². The third-order valence-electron chi connectivity index (χ3n) is 3.08. The zero-order chi connectivity index (χ0) is 12.3. The van der Waals surface area contributed by atoms with Gasteiger partial charge in [-0.3, -0.25) is 5.84 Å². The summed E-state index contributed by atoms with van der Waals surface area (Å²) in [6.07, 6.45) is 0. The molecule has 1 atom stereocenters. The van der Waals surface area contributed by atoms with E-state index in [1.165, 1.54) is 22.3 Å². The predicted molar refractivity (Wildman–Crippen MR) is 71.5 cm³/mol. The quantitative estimate of drug-likeness (QED) is 0.624. The molecule has 2 nitrogen and oxygen atoms in total. The Labute approximate surface area is 102 Å². The van der Waals surface area contributed by atoms with E-state index in [1.807, 2.05) is 12.1 Å². The highest BCUT2D eigenvalue weighted by molar-refractivity contribution is 5.37. The summed E-state index contributed by atoms with van der Waals surface area (Å²) in [5, 5.41) is 0. The summed E-state index contributed by atoms with van der Waals surface area (Å²) in [5.41, 5.74) is 7.81. The molecule has 3 N–H and O–H groups in total. The normalized spacial score (nSPS) is 12.4. The van der Waals surface area contributed by atoms with E-state index in [2.05, 4.69) is 55.7 Å². The van der Waals surface area contributed by atoms with E-state index in [-0.39, 0.29) is 6.04 Å². The molecule has 88 valence electrons. The van der Waals surface area contributed by atoms with Crippen LogP contribution in [0.5, 0.6) is 0 Å². The van der Waals surface area contributed by atoms with E-state index in [0.29, 0.717) is 0 Å². The third-order valence-corrected chi connectivity index (χ3v) is 3.08. The largest absolute Gasteiger partial charge is 0.271 e. The van der Waals surface area contributed by atoms with Crippen LogP contribution in [0.4, 0.5) is 0 Å². The zero-order valence-electron chi connectivity index (χ0n) is 10.3. The Kier molecular flexibility index (Phi) is 3.57. The first-order valence-electron chi connectivity index (χ1n) is 5.80. The molecule has 0 aliphatic heterocycles. The predicted octanol–water partition coefficient (Wildman–Crippen LogP) is 2.86. The van der Waals surface area contributed by atoms with Crippen molar-refractivity contribution in [3.63, 3.8) is 0 Å². The molecule has 2 heteroatoms. The molecule has 0 saturated heterocycles. The van der Waals surface area contributed by atoms with Crippen molar-refractivity contribution in [2.45, 2.75) is 19.9 Å². The second kappa shape index (κ2) is 5.13. The van der Waals surface area contributed by atoms with E-state index in [1.54, 1.807) is 0 Å². The highest BCUT2D eigenvalue weighted by Crippen LogP contribution is 2.24. The lowest BCUT2D eigenvalue weighted by Crippen LogP contribution is -2.29. The molecular formula is C15H18N2. The minimum Gasteiger partial charge on any atom is -0.271 e. The first-order chi connectivity index (χ1) is 8.22. The van der Waals surface area contributed by atoms with Crippen molar-refractivity contribution < 1.29 is 0 Å². The Bertz CT molecular complexity index is 489. The van der Waals surface area contributed by atoms with Gasteiger partial charge in [-0.1, -0.05) is 54.1 Å². The lowest BCUT2D eigenvalue weighted by atomic mass is 9.95. The van der Waals surface area contributed by atoms with E-state index >= 15 is 0 Å². The zero-order valence-corrected chi connectivity index (χ0v) is 10.3. The van der Waals surface area contributed by atoms with Crippen LogP contribution >= 0.6 is 0 Å². The molecule has 0 spiro atoms. The molecule has 0 radical (unpaired) electrons. The molecule has 0 saturated carbocycles. The Balaban J connectivity index is 2.40. The number of hydrazine groups is 1. The minimum atomic E-state index is 0.0526. The van der Waals surface area contributed by atoms with Gasteiger partial charge < -0.3 is 0 Å². The average Bonchev–Trinajstić information content (AvgIpc) is 2.35. The van der Waals surface area contributed by atoms with Gasteiger partial charge in [-0.05, 0) is 30.5 Å². The summed E-state index contributed by atoms with van der Waals surface area (Å²) in [4.78, 5) is 0. The molecule has 0 aliphatic rings. The van der Waals surface area contributed by atoms with Gasteiger partial charge in [0.2, 0.25) is 0 Å². The smallest absolute Gasteiger partial charge is 0.0712 e. The Hall–Kier alpha value is -1.64. The number of nitrogens with two attached hydrogens (primary N) is 1. The number of aryl methyl sites for hydroxylation is 2. The Morgan fingerprint density at radius 3 is 2.18 bits per heavy atom. The molecule has 0 bridgehead atoms. The Morgan fingerprint density at radius 2 is 1.59 bits per heavy atom. The van der Waals surface area contributed by atoms with Crippen LogP contribution in [0.25, 0.3) is 0 Å². The molecule has 0 aromatic heterocycles. The van der Waals surface area contributed by atoms with Gasteiger partial charge in [-0.2, -0.15) is 0 Å². The van der Waals surface area contributed by atoms with Crippen molar-refractivity contribution in [2.75, 3.05) is 0 Å². The van der Waals surface area contributed by atoms with Crippen LogP contribution in [-0.2, 0) is 0 Å². The molecule has 0 amide bonds. The first-order valence-corrected chi connectivity index (χ1v) is 5.80.